The van der Waals surface area contributed by atoms with Crippen molar-refractivity contribution in [2.24, 2.45) is 5.10 Å². The standard InChI is InChI=1S/C16H17N3O2S/c20-16(13-4-2-1-3-5-13)18-17-12-14-6-7-15(22-14)19-8-10-21-11-9-19/h1-7,12H,8-11H2,(H,18,20)/b17-12-. The molecule has 1 aliphatic heterocycles. The Morgan fingerprint density at radius 3 is 2.73 bits per heavy atom. The Labute approximate surface area is 133 Å². The van der Waals surface area contributed by atoms with E-state index in [1.807, 2.05) is 24.3 Å². The van der Waals surface area contributed by atoms with E-state index in [4.69, 9.17) is 4.74 Å². The van der Waals surface area contributed by atoms with Crippen LogP contribution in [0.2, 0.25) is 0 Å². The van der Waals surface area contributed by atoms with Gasteiger partial charge in [0.25, 0.3) is 5.91 Å². The second-order valence-corrected chi connectivity index (χ2v) is 5.93. The van der Waals surface area contributed by atoms with Crippen LogP contribution < -0.4 is 10.3 Å². The SMILES string of the molecule is O=C(N/N=C\c1ccc(N2CCOCC2)s1)c1ccccc1. The van der Waals surface area contributed by atoms with Crippen molar-refractivity contribution in [3.05, 3.63) is 52.9 Å². The van der Waals surface area contributed by atoms with Crippen molar-refractivity contribution in [3.63, 3.8) is 0 Å². The normalized spacial score (nSPS) is 15.2. The van der Waals surface area contributed by atoms with Gasteiger partial charge in [0.1, 0.15) is 0 Å². The molecule has 0 radical (unpaired) electrons. The number of hydrazone groups is 1. The van der Waals surface area contributed by atoms with Crippen LogP contribution in [0.1, 0.15) is 15.2 Å². The molecule has 0 aliphatic carbocycles. The number of carbonyl (C=O) groups is 1. The molecule has 0 unspecified atom stereocenters. The smallest absolute Gasteiger partial charge is 0.271 e. The van der Waals surface area contributed by atoms with Crippen molar-refractivity contribution in [2.45, 2.75) is 0 Å². The number of thiophene rings is 1. The maximum atomic E-state index is 11.8. The van der Waals surface area contributed by atoms with E-state index in [2.05, 4.69) is 21.5 Å². The van der Waals surface area contributed by atoms with Gasteiger partial charge in [0.2, 0.25) is 0 Å². The lowest BCUT2D eigenvalue weighted by molar-refractivity contribution is 0.0955. The summed E-state index contributed by atoms with van der Waals surface area (Å²) in [7, 11) is 0. The average molecular weight is 315 g/mol. The number of nitrogens with zero attached hydrogens (tertiary/aromatic N) is 2. The van der Waals surface area contributed by atoms with Gasteiger partial charge in [-0.25, -0.2) is 5.43 Å². The fourth-order valence-electron chi connectivity index (χ4n) is 2.17. The summed E-state index contributed by atoms with van der Waals surface area (Å²) in [4.78, 5) is 15.2. The van der Waals surface area contributed by atoms with Crippen LogP contribution in [-0.2, 0) is 4.74 Å². The molecule has 1 saturated heterocycles. The zero-order valence-corrected chi connectivity index (χ0v) is 12.9. The Hall–Kier alpha value is -2.18. The molecule has 0 saturated carbocycles. The minimum absolute atomic E-state index is 0.207. The highest BCUT2D eigenvalue weighted by Gasteiger charge is 2.12. The molecule has 2 aromatic rings. The van der Waals surface area contributed by atoms with E-state index >= 15 is 0 Å². The van der Waals surface area contributed by atoms with Crippen molar-refractivity contribution >= 4 is 28.5 Å². The molecule has 1 N–H and O–H groups in total. The van der Waals surface area contributed by atoms with E-state index in [0.717, 1.165) is 31.2 Å². The Kier molecular flexibility index (Phi) is 4.82. The topological polar surface area (TPSA) is 53.9 Å². The molecule has 1 aromatic heterocycles. The lowest BCUT2D eigenvalue weighted by atomic mass is 10.2. The predicted molar refractivity (Wildman–Crippen MR) is 88.9 cm³/mol. The monoisotopic (exact) mass is 315 g/mol. The van der Waals surface area contributed by atoms with Crippen LogP contribution in [0.25, 0.3) is 0 Å². The summed E-state index contributed by atoms with van der Waals surface area (Å²) < 4.78 is 5.35. The highest BCUT2D eigenvalue weighted by molar-refractivity contribution is 7.17. The molecule has 5 nitrogen and oxygen atoms in total. The van der Waals surface area contributed by atoms with Crippen molar-refractivity contribution < 1.29 is 9.53 Å². The number of amides is 1. The number of benzene rings is 1. The second kappa shape index (κ2) is 7.20. The van der Waals surface area contributed by atoms with Crippen LogP contribution in [0.5, 0.6) is 0 Å². The first-order chi connectivity index (χ1) is 10.8. The fourth-order valence-corrected chi connectivity index (χ4v) is 3.10. The number of carbonyl (C=O) groups excluding carboxylic acids is 1. The molecule has 3 rings (SSSR count). The van der Waals surface area contributed by atoms with Crippen molar-refractivity contribution in [1.82, 2.24) is 5.43 Å². The number of nitrogens with one attached hydrogen (secondary N) is 1. The zero-order chi connectivity index (χ0) is 15.2. The van der Waals surface area contributed by atoms with Gasteiger partial charge >= 0.3 is 0 Å². The third-order valence-corrected chi connectivity index (χ3v) is 4.41. The van der Waals surface area contributed by atoms with Crippen molar-refractivity contribution in [2.75, 3.05) is 31.2 Å². The third-order valence-electron chi connectivity index (χ3n) is 3.33. The molecule has 0 atom stereocenters. The lowest BCUT2D eigenvalue weighted by Crippen LogP contribution is -2.35. The molecule has 1 amide bonds. The van der Waals surface area contributed by atoms with Gasteiger partial charge in [-0.15, -0.1) is 11.3 Å². The third kappa shape index (κ3) is 3.72. The molecule has 6 heteroatoms. The van der Waals surface area contributed by atoms with Crippen molar-refractivity contribution in [3.8, 4) is 0 Å². The summed E-state index contributed by atoms with van der Waals surface area (Å²) in [5.41, 5.74) is 3.14. The lowest BCUT2D eigenvalue weighted by Gasteiger charge is -2.27. The maximum absolute atomic E-state index is 11.8. The van der Waals surface area contributed by atoms with Gasteiger partial charge in [0, 0.05) is 23.5 Å². The minimum atomic E-state index is -0.207. The molecular formula is C16H17N3O2S. The second-order valence-electron chi connectivity index (χ2n) is 4.84. The average Bonchev–Trinajstić information content (AvgIpc) is 3.05. The van der Waals surface area contributed by atoms with Crippen LogP contribution in [0.3, 0.4) is 0 Å². The predicted octanol–water partition coefficient (Wildman–Crippen LogP) is 2.35. The zero-order valence-electron chi connectivity index (χ0n) is 12.1. The summed E-state index contributed by atoms with van der Waals surface area (Å²) >= 11 is 1.66. The fraction of sp³-hybridized carbons (Fsp3) is 0.250. The molecular weight excluding hydrogens is 298 g/mol. The van der Waals surface area contributed by atoms with E-state index in [0.29, 0.717) is 5.56 Å². The molecule has 1 aromatic carbocycles. The van der Waals surface area contributed by atoms with Crippen molar-refractivity contribution in [1.29, 1.82) is 0 Å². The van der Waals surface area contributed by atoms with E-state index in [-0.39, 0.29) is 5.91 Å². The number of hydrogen-bond acceptors (Lipinski definition) is 5. The Morgan fingerprint density at radius 1 is 1.18 bits per heavy atom. The van der Waals surface area contributed by atoms with Crippen LogP contribution in [0, 0.1) is 0 Å². The Bertz CT molecular complexity index is 648. The molecule has 1 aliphatic rings. The number of rotatable bonds is 4. The maximum Gasteiger partial charge on any atom is 0.271 e. The number of ether oxygens (including phenoxy) is 1. The Morgan fingerprint density at radius 2 is 1.95 bits per heavy atom. The first kappa shape index (κ1) is 14.7. The highest BCUT2D eigenvalue weighted by Crippen LogP contribution is 2.25. The quantitative estimate of drug-likeness (QED) is 0.696. The largest absolute Gasteiger partial charge is 0.378 e. The van der Waals surface area contributed by atoms with Gasteiger partial charge in [-0.2, -0.15) is 5.10 Å². The first-order valence-electron chi connectivity index (χ1n) is 7.14. The summed E-state index contributed by atoms with van der Waals surface area (Å²) in [5.74, 6) is -0.207. The number of hydrogen-bond donors (Lipinski definition) is 1. The van der Waals surface area contributed by atoms with Gasteiger partial charge in [-0.3, -0.25) is 4.79 Å². The van der Waals surface area contributed by atoms with Gasteiger partial charge < -0.3 is 9.64 Å². The molecule has 114 valence electrons. The van der Waals surface area contributed by atoms with Gasteiger partial charge in [-0.1, -0.05) is 18.2 Å². The molecule has 0 spiro atoms. The Balaban J connectivity index is 1.57. The molecule has 0 bridgehead atoms. The van der Waals surface area contributed by atoms with E-state index in [1.54, 1.807) is 29.7 Å². The summed E-state index contributed by atoms with van der Waals surface area (Å²) in [6, 6.07) is 13.1. The van der Waals surface area contributed by atoms with Gasteiger partial charge in [0.15, 0.2) is 0 Å². The number of morpholine rings is 1. The number of anilines is 1. The molecule has 22 heavy (non-hydrogen) atoms. The minimum Gasteiger partial charge on any atom is -0.378 e. The van der Waals surface area contributed by atoms with Crippen LogP contribution in [-0.4, -0.2) is 38.4 Å². The van der Waals surface area contributed by atoms with Crippen LogP contribution >= 0.6 is 11.3 Å². The molecule has 2 heterocycles. The van der Waals surface area contributed by atoms with E-state index in [1.165, 1.54) is 5.00 Å². The van der Waals surface area contributed by atoms with E-state index in [9.17, 15) is 4.79 Å². The van der Waals surface area contributed by atoms with Gasteiger partial charge in [0.05, 0.1) is 24.4 Å². The summed E-state index contributed by atoms with van der Waals surface area (Å²) in [6.45, 7) is 3.38. The van der Waals surface area contributed by atoms with E-state index < -0.39 is 0 Å². The van der Waals surface area contributed by atoms with Gasteiger partial charge in [-0.05, 0) is 24.3 Å². The first-order valence-corrected chi connectivity index (χ1v) is 7.95. The van der Waals surface area contributed by atoms with Crippen LogP contribution in [0.4, 0.5) is 5.00 Å². The molecule has 1 fully saturated rings. The van der Waals surface area contributed by atoms with Crippen LogP contribution in [0.15, 0.2) is 47.6 Å². The summed E-state index contributed by atoms with van der Waals surface area (Å²) in [5, 5.41) is 5.23. The summed E-state index contributed by atoms with van der Waals surface area (Å²) in [6.07, 6.45) is 1.68. The highest BCUT2D eigenvalue weighted by atomic mass is 32.1.